The fourth-order valence-corrected chi connectivity index (χ4v) is 1.92. The number of nitrogens with zero attached hydrogens (tertiary/aromatic N) is 4. The van der Waals surface area contributed by atoms with Crippen LogP contribution in [-0.2, 0) is 13.1 Å². The van der Waals surface area contributed by atoms with Gasteiger partial charge in [-0.05, 0) is 11.1 Å². The van der Waals surface area contributed by atoms with Crippen LogP contribution < -0.4 is 10.6 Å². The Labute approximate surface area is 128 Å². The van der Waals surface area contributed by atoms with E-state index in [1.54, 1.807) is 0 Å². The smallest absolute Gasteiger partial charge is 0.262 e. The van der Waals surface area contributed by atoms with Crippen molar-refractivity contribution in [1.82, 2.24) is 20.4 Å². The summed E-state index contributed by atoms with van der Waals surface area (Å²) in [5.41, 5.74) is 2.30. The summed E-state index contributed by atoms with van der Waals surface area (Å²) in [5.74, 6) is 0.822. The summed E-state index contributed by atoms with van der Waals surface area (Å²) in [4.78, 5) is 0. The lowest BCUT2D eigenvalue weighted by molar-refractivity contribution is 0.843. The van der Waals surface area contributed by atoms with E-state index in [0.717, 1.165) is 11.1 Å². The third-order valence-corrected chi connectivity index (χ3v) is 3.07. The molecule has 2 aromatic carbocycles. The van der Waals surface area contributed by atoms with Gasteiger partial charge in [0.2, 0.25) is 0 Å². The summed E-state index contributed by atoms with van der Waals surface area (Å²) in [5, 5.41) is 22.2. The summed E-state index contributed by atoms with van der Waals surface area (Å²) in [6.07, 6.45) is 0. The summed E-state index contributed by atoms with van der Waals surface area (Å²) < 4.78 is 0. The van der Waals surface area contributed by atoms with E-state index in [4.69, 9.17) is 0 Å². The van der Waals surface area contributed by atoms with E-state index in [2.05, 4.69) is 31.0 Å². The van der Waals surface area contributed by atoms with Gasteiger partial charge >= 0.3 is 0 Å². The molecule has 0 saturated heterocycles. The van der Waals surface area contributed by atoms with Gasteiger partial charge in [0.25, 0.3) is 11.9 Å². The van der Waals surface area contributed by atoms with Crippen molar-refractivity contribution < 1.29 is 0 Å². The van der Waals surface area contributed by atoms with Crippen LogP contribution in [-0.4, -0.2) is 20.4 Å². The predicted molar refractivity (Wildman–Crippen MR) is 85.2 cm³/mol. The Balaban J connectivity index is 1.52. The fourth-order valence-electron chi connectivity index (χ4n) is 1.92. The van der Waals surface area contributed by atoms with Gasteiger partial charge in [0.1, 0.15) is 0 Å². The molecule has 3 aromatic rings. The molecule has 22 heavy (non-hydrogen) atoms. The maximum absolute atomic E-state index is 4.01. The van der Waals surface area contributed by atoms with Crippen LogP contribution in [0, 0.1) is 0 Å². The van der Waals surface area contributed by atoms with E-state index in [9.17, 15) is 0 Å². The summed E-state index contributed by atoms with van der Waals surface area (Å²) in [6, 6.07) is 20.1. The van der Waals surface area contributed by atoms with Crippen LogP contribution in [0.25, 0.3) is 0 Å². The van der Waals surface area contributed by atoms with Crippen molar-refractivity contribution in [2.75, 3.05) is 10.6 Å². The largest absolute Gasteiger partial charge is 0.348 e. The average molecular weight is 292 g/mol. The Morgan fingerprint density at radius 2 is 0.909 bits per heavy atom. The zero-order chi connectivity index (χ0) is 15.0. The Morgan fingerprint density at radius 1 is 0.545 bits per heavy atom. The van der Waals surface area contributed by atoms with Crippen LogP contribution in [0.4, 0.5) is 11.9 Å². The lowest BCUT2D eigenvalue weighted by Crippen LogP contribution is -2.10. The first kappa shape index (κ1) is 13.9. The molecule has 0 fully saturated rings. The van der Waals surface area contributed by atoms with Gasteiger partial charge in [-0.25, -0.2) is 0 Å². The molecule has 0 aliphatic carbocycles. The molecule has 1 aromatic heterocycles. The molecule has 6 heteroatoms. The van der Waals surface area contributed by atoms with Crippen LogP contribution in [0.3, 0.4) is 0 Å². The third kappa shape index (κ3) is 3.99. The normalized spacial score (nSPS) is 10.2. The molecule has 0 aliphatic heterocycles. The fraction of sp³-hybridized carbons (Fsp3) is 0.125. The van der Waals surface area contributed by atoms with Crippen LogP contribution in [0.2, 0.25) is 0 Å². The first-order chi connectivity index (χ1) is 10.9. The van der Waals surface area contributed by atoms with Crippen LogP contribution in [0.5, 0.6) is 0 Å². The van der Waals surface area contributed by atoms with E-state index in [1.807, 2.05) is 60.7 Å². The van der Waals surface area contributed by atoms with Gasteiger partial charge in [0.15, 0.2) is 0 Å². The van der Waals surface area contributed by atoms with E-state index in [0.29, 0.717) is 25.0 Å². The van der Waals surface area contributed by atoms with Crippen LogP contribution in [0.1, 0.15) is 11.1 Å². The van der Waals surface area contributed by atoms with Gasteiger partial charge in [0.05, 0.1) is 0 Å². The SMILES string of the molecule is c1ccc(CNc2nnc(NCc3ccccc3)nn2)cc1. The molecule has 0 aliphatic rings. The summed E-state index contributed by atoms with van der Waals surface area (Å²) in [6.45, 7) is 1.28. The van der Waals surface area contributed by atoms with Gasteiger partial charge in [-0.3, -0.25) is 0 Å². The van der Waals surface area contributed by atoms with Crippen molar-refractivity contribution in [3.63, 3.8) is 0 Å². The summed E-state index contributed by atoms with van der Waals surface area (Å²) >= 11 is 0. The second-order valence-corrected chi connectivity index (χ2v) is 4.73. The zero-order valence-corrected chi connectivity index (χ0v) is 12.0. The standard InChI is InChI=1S/C16H16N6/c1-3-7-13(8-4-1)11-17-15-19-21-16(22-20-15)18-12-14-9-5-2-6-10-14/h1-10H,11-12H2,(H,17,19,20)(H,18,21,22). The Morgan fingerprint density at radius 3 is 1.27 bits per heavy atom. The van der Waals surface area contributed by atoms with Gasteiger partial charge in [0, 0.05) is 13.1 Å². The first-order valence-corrected chi connectivity index (χ1v) is 7.03. The topological polar surface area (TPSA) is 75.6 Å². The zero-order valence-electron chi connectivity index (χ0n) is 12.0. The molecular weight excluding hydrogens is 276 g/mol. The van der Waals surface area contributed by atoms with Gasteiger partial charge in [-0.1, -0.05) is 60.7 Å². The highest BCUT2D eigenvalue weighted by molar-refractivity contribution is 5.29. The maximum atomic E-state index is 4.01. The van der Waals surface area contributed by atoms with Crippen molar-refractivity contribution in [2.24, 2.45) is 0 Å². The molecule has 0 atom stereocenters. The predicted octanol–water partition coefficient (Wildman–Crippen LogP) is 2.49. The number of hydrogen-bond donors (Lipinski definition) is 2. The number of anilines is 2. The van der Waals surface area contributed by atoms with Crippen LogP contribution >= 0.6 is 0 Å². The van der Waals surface area contributed by atoms with E-state index < -0.39 is 0 Å². The minimum Gasteiger partial charge on any atom is -0.348 e. The minimum atomic E-state index is 0.411. The minimum absolute atomic E-state index is 0.411. The third-order valence-electron chi connectivity index (χ3n) is 3.07. The van der Waals surface area contributed by atoms with E-state index in [-0.39, 0.29) is 0 Å². The highest BCUT2D eigenvalue weighted by atomic mass is 15.4. The lowest BCUT2D eigenvalue weighted by Gasteiger charge is -2.05. The van der Waals surface area contributed by atoms with Crippen molar-refractivity contribution in [3.8, 4) is 0 Å². The molecule has 1 heterocycles. The number of hydrogen-bond acceptors (Lipinski definition) is 6. The Kier molecular flexibility index (Phi) is 4.51. The van der Waals surface area contributed by atoms with Crippen molar-refractivity contribution in [1.29, 1.82) is 0 Å². The van der Waals surface area contributed by atoms with Crippen molar-refractivity contribution in [2.45, 2.75) is 13.1 Å². The second-order valence-electron chi connectivity index (χ2n) is 4.73. The highest BCUT2D eigenvalue weighted by Crippen LogP contribution is 2.04. The number of nitrogens with one attached hydrogen (secondary N) is 2. The molecule has 0 unspecified atom stereocenters. The quantitative estimate of drug-likeness (QED) is 0.727. The average Bonchev–Trinajstić information content (AvgIpc) is 2.61. The van der Waals surface area contributed by atoms with Gasteiger partial charge in [-0.15, -0.1) is 20.4 Å². The molecule has 2 N–H and O–H groups in total. The van der Waals surface area contributed by atoms with E-state index in [1.165, 1.54) is 0 Å². The van der Waals surface area contributed by atoms with Crippen molar-refractivity contribution in [3.05, 3.63) is 71.8 Å². The molecule has 110 valence electrons. The number of aromatic nitrogens is 4. The van der Waals surface area contributed by atoms with Gasteiger partial charge in [-0.2, -0.15) is 0 Å². The first-order valence-electron chi connectivity index (χ1n) is 7.03. The molecule has 0 saturated carbocycles. The number of benzene rings is 2. The summed E-state index contributed by atoms with van der Waals surface area (Å²) in [7, 11) is 0. The molecule has 3 rings (SSSR count). The van der Waals surface area contributed by atoms with E-state index >= 15 is 0 Å². The lowest BCUT2D eigenvalue weighted by atomic mass is 10.2. The van der Waals surface area contributed by atoms with Crippen LogP contribution in [0.15, 0.2) is 60.7 Å². The Bertz CT molecular complexity index is 622. The molecule has 0 radical (unpaired) electrons. The van der Waals surface area contributed by atoms with Crippen molar-refractivity contribution >= 4 is 11.9 Å². The van der Waals surface area contributed by atoms with Gasteiger partial charge < -0.3 is 10.6 Å². The molecule has 0 bridgehead atoms. The second kappa shape index (κ2) is 7.12. The number of rotatable bonds is 6. The molecule has 0 spiro atoms. The Hall–Kier alpha value is -3.02. The molecular formula is C16H16N6. The molecule has 0 amide bonds. The molecule has 6 nitrogen and oxygen atoms in total. The monoisotopic (exact) mass is 292 g/mol. The maximum Gasteiger partial charge on any atom is 0.262 e. The highest BCUT2D eigenvalue weighted by Gasteiger charge is 2.01.